The molecule has 0 unspecified atom stereocenters. The maximum atomic E-state index is 14.5. The Morgan fingerprint density at radius 1 is 0.957 bits per heavy atom. The van der Waals surface area contributed by atoms with Gasteiger partial charge in [0.15, 0.2) is 23.0 Å². The fourth-order valence-electron chi connectivity index (χ4n) is 7.48. The number of halogens is 1. The van der Waals surface area contributed by atoms with E-state index in [4.69, 9.17) is 18.9 Å². The third-order valence-corrected chi connectivity index (χ3v) is 9.68. The fraction of sp³-hybridized carbons (Fsp3) is 0.459. The number of likely N-dealkylation sites (tertiary alicyclic amines) is 1. The molecular formula is C37H43FN2O7. The van der Waals surface area contributed by atoms with Gasteiger partial charge < -0.3 is 29.0 Å². The summed E-state index contributed by atoms with van der Waals surface area (Å²) in [4.78, 5) is 31.5. The van der Waals surface area contributed by atoms with Crippen LogP contribution >= 0.6 is 0 Å². The molecule has 3 aromatic rings. The minimum atomic E-state index is -0.911. The summed E-state index contributed by atoms with van der Waals surface area (Å²) < 4.78 is 36.8. The second-order valence-corrected chi connectivity index (χ2v) is 12.7. The maximum absolute atomic E-state index is 14.5. The van der Waals surface area contributed by atoms with Crippen molar-refractivity contribution in [3.63, 3.8) is 0 Å². The smallest absolute Gasteiger partial charge is 0.308 e. The minimum absolute atomic E-state index is 0.0301. The Balaban J connectivity index is 1.34. The number of fused-ring (bicyclic) bond motifs is 2. The molecule has 10 heteroatoms. The summed E-state index contributed by atoms with van der Waals surface area (Å²) in [5.41, 5.74) is 2.91. The highest BCUT2D eigenvalue weighted by Gasteiger charge is 2.47. The van der Waals surface area contributed by atoms with E-state index in [1.54, 1.807) is 19.1 Å². The number of ether oxygens (including phenoxy) is 4. The highest BCUT2D eigenvalue weighted by molar-refractivity contribution is 5.95. The van der Waals surface area contributed by atoms with Gasteiger partial charge >= 0.3 is 5.97 Å². The van der Waals surface area contributed by atoms with Gasteiger partial charge in [0.25, 0.3) is 0 Å². The van der Waals surface area contributed by atoms with Gasteiger partial charge in [-0.25, -0.2) is 4.39 Å². The number of benzene rings is 3. The van der Waals surface area contributed by atoms with Gasteiger partial charge in [0.2, 0.25) is 19.5 Å². The molecule has 1 N–H and O–H groups in total. The Morgan fingerprint density at radius 2 is 1.70 bits per heavy atom. The molecule has 47 heavy (non-hydrogen) atoms. The van der Waals surface area contributed by atoms with Crippen LogP contribution in [0.4, 0.5) is 10.1 Å². The first-order chi connectivity index (χ1) is 22.8. The number of carbonyl (C=O) groups excluding carboxylic acids is 1. The van der Waals surface area contributed by atoms with Crippen LogP contribution in [0.25, 0.3) is 0 Å². The van der Waals surface area contributed by atoms with Crippen LogP contribution in [0.3, 0.4) is 0 Å². The zero-order chi connectivity index (χ0) is 33.1. The maximum Gasteiger partial charge on any atom is 0.308 e. The molecule has 3 atom stereocenters. The van der Waals surface area contributed by atoms with Gasteiger partial charge in [-0.15, -0.1) is 0 Å². The number of para-hydroxylation sites is 1. The third-order valence-electron chi connectivity index (χ3n) is 9.68. The quantitative estimate of drug-likeness (QED) is 0.219. The summed E-state index contributed by atoms with van der Waals surface area (Å²) in [6, 6.07) is 15.6. The van der Waals surface area contributed by atoms with Gasteiger partial charge in [0.1, 0.15) is 5.82 Å². The number of anilines is 1. The average molecular weight is 647 g/mol. The van der Waals surface area contributed by atoms with Crippen LogP contribution in [0, 0.1) is 18.7 Å². The van der Waals surface area contributed by atoms with Crippen LogP contribution in [-0.2, 0) is 16.0 Å². The molecule has 1 saturated heterocycles. The van der Waals surface area contributed by atoms with Gasteiger partial charge in [-0.05, 0) is 85.7 Å². The fourth-order valence-corrected chi connectivity index (χ4v) is 7.48. The first-order valence-electron chi connectivity index (χ1n) is 16.6. The summed E-state index contributed by atoms with van der Waals surface area (Å²) in [6.45, 7) is 6.58. The predicted molar refractivity (Wildman–Crippen MR) is 175 cm³/mol. The summed E-state index contributed by atoms with van der Waals surface area (Å²) in [5.74, 6) is 0.0717. The van der Waals surface area contributed by atoms with Gasteiger partial charge in [0, 0.05) is 30.2 Å². The van der Waals surface area contributed by atoms with Crippen LogP contribution < -0.4 is 23.8 Å². The average Bonchev–Trinajstić information content (AvgIpc) is 3.80. The van der Waals surface area contributed by atoms with E-state index in [1.807, 2.05) is 46.2 Å². The van der Waals surface area contributed by atoms with Crippen LogP contribution in [0.5, 0.6) is 23.0 Å². The van der Waals surface area contributed by atoms with E-state index in [2.05, 4.69) is 13.8 Å². The van der Waals surface area contributed by atoms with Crippen molar-refractivity contribution >= 4 is 17.6 Å². The van der Waals surface area contributed by atoms with Crippen molar-refractivity contribution in [3.05, 3.63) is 77.1 Å². The summed E-state index contributed by atoms with van der Waals surface area (Å²) in [6.07, 6.45) is 4.43. The topological polar surface area (TPSA) is 97.8 Å². The molecule has 0 spiro atoms. The molecule has 3 aromatic carbocycles. The molecule has 3 heterocycles. The van der Waals surface area contributed by atoms with Crippen LogP contribution in [0.1, 0.15) is 68.6 Å². The Hall–Kier alpha value is -4.31. The van der Waals surface area contributed by atoms with Crippen molar-refractivity contribution < 1.29 is 38.0 Å². The highest BCUT2D eigenvalue weighted by atomic mass is 19.1. The van der Waals surface area contributed by atoms with Crippen LogP contribution in [-0.4, -0.2) is 60.6 Å². The lowest BCUT2D eigenvalue weighted by Gasteiger charge is -2.35. The molecule has 6 rings (SSSR count). The van der Waals surface area contributed by atoms with Gasteiger partial charge in [0.05, 0.1) is 12.5 Å². The lowest BCUT2D eigenvalue weighted by atomic mass is 9.83. The third kappa shape index (κ3) is 6.74. The molecule has 0 bridgehead atoms. The van der Waals surface area contributed by atoms with Gasteiger partial charge in [-0.2, -0.15) is 0 Å². The summed E-state index contributed by atoms with van der Waals surface area (Å²) in [5, 5.41) is 10.7. The number of aliphatic carboxylic acids is 1. The first-order valence-corrected chi connectivity index (χ1v) is 16.6. The summed E-state index contributed by atoms with van der Waals surface area (Å²) in [7, 11) is 0. The standard InChI is InChI=1S/C37H43FN2O7/c1-4-7-26(8-5-2)40(27-13-14-29(38)23(3)17-27)34(41)20-39-19-28(25-12-16-31-33(18-25)46-21-44-31)35(37(42)43)30(39)15-11-24-9-6-10-32-36(24)47-22-45-32/h6,9-10,12-14,16-18,26,28,30,35H,4-5,7-8,11,15,19-22H2,1-3H3,(H,42,43)/t28-,30+,35-/m1/s1. The number of aryl methyl sites for hydroxylation is 2. The van der Waals surface area contributed by atoms with E-state index in [0.29, 0.717) is 53.6 Å². The van der Waals surface area contributed by atoms with Crippen LogP contribution in [0.15, 0.2) is 54.6 Å². The molecule has 3 aliphatic heterocycles. The molecule has 0 saturated carbocycles. The predicted octanol–water partition coefficient (Wildman–Crippen LogP) is 6.69. The van der Waals surface area contributed by atoms with Crippen molar-refractivity contribution in [2.24, 2.45) is 5.92 Å². The Bertz CT molecular complexity index is 1610. The van der Waals surface area contributed by atoms with E-state index in [9.17, 15) is 19.1 Å². The van der Waals surface area contributed by atoms with Crippen molar-refractivity contribution in [3.8, 4) is 23.0 Å². The molecule has 250 valence electrons. The van der Waals surface area contributed by atoms with E-state index in [-0.39, 0.29) is 43.8 Å². The van der Waals surface area contributed by atoms with E-state index in [0.717, 1.165) is 36.8 Å². The number of amides is 1. The Labute approximate surface area is 275 Å². The second kappa shape index (κ2) is 14.2. The normalized spacial score (nSPS) is 19.8. The zero-order valence-electron chi connectivity index (χ0n) is 27.2. The number of carbonyl (C=O) groups is 2. The lowest BCUT2D eigenvalue weighted by Crippen LogP contribution is -2.48. The molecule has 0 radical (unpaired) electrons. The SMILES string of the molecule is CCCC(CCC)N(C(=O)CN1C[C@H](c2ccc3c(c2)OCO3)[C@@H](C(=O)O)[C@@H]1CCc1cccc2c1OCO2)c1ccc(F)c(C)c1. The van der Waals surface area contributed by atoms with Gasteiger partial charge in [-0.3, -0.25) is 14.5 Å². The molecule has 0 aromatic heterocycles. The first kappa shape index (κ1) is 32.6. The molecule has 0 aliphatic carbocycles. The molecule has 1 amide bonds. The lowest BCUT2D eigenvalue weighted by molar-refractivity contribution is -0.143. The van der Waals surface area contributed by atoms with E-state index < -0.39 is 17.9 Å². The van der Waals surface area contributed by atoms with Crippen LogP contribution in [0.2, 0.25) is 0 Å². The number of rotatable bonds is 13. The number of carboxylic acids is 1. The van der Waals surface area contributed by atoms with E-state index >= 15 is 0 Å². The minimum Gasteiger partial charge on any atom is -0.481 e. The Morgan fingerprint density at radius 3 is 2.45 bits per heavy atom. The van der Waals surface area contributed by atoms with Crippen molar-refractivity contribution in [1.82, 2.24) is 4.90 Å². The molecule has 9 nitrogen and oxygen atoms in total. The monoisotopic (exact) mass is 646 g/mol. The summed E-state index contributed by atoms with van der Waals surface area (Å²) >= 11 is 0. The molecule has 3 aliphatic rings. The number of hydrogen-bond donors (Lipinski definition) is 1. The Kier molecular flexibility index (Phi) is 9.87. The highest BCUT2D eigenvalue weighted by Crippen LogP contribution is 2.44. The zero-order valence-corrected chi connectivity index (χ0v) is 27.2. The largest absolute Gasteiger partial charge is 0.481 e. The van der Waals surface area contributed by atoms with E-state index in [1.165, 1.54) is 6.07 Å². The number of hydrogen-bond acceptors (Lipinski definition) is 7. The number of carboxylic acid groups (broad SMARTS) is 1. The van der Waals surface area contributed by atoms with Gasteiger partial charge in [-0.1, -0.05) is 44.9 Å². The molecular weight excluding hydrogens is 603 g/mol. The number of nitrogens with zero attached hydrogens (tertiary/aromatic N) is 2. The van der Waals surface area contributed by atoms with Crippen molar-refractivity contribution in [2.45, 2.75) is 77.3 Å². The molecule has 1 fully saturated rings. The second-order valence-electron chi connectivity index (χ2n) is 12.7. The van der Waals surface area contributed by atoms with Crippen molar-refractivity contribution in [2.75, 3.05) is 31.6 Å². The van der Waals surface area contributed by atoms with Crippen molar-refractivity contribution in [1.29, 1.82) is 0 Å².